The third-order valence-corrected chi connectivity index (χ3v) is 6.61. The van der Waals surface area contributed by atoms with Gasteiger partial charge in [0.05, 0.1) is 10.6 Å². The van der Waals surface area contributed by atoms with Crippen molar-refractivity contribution in [3.8, 4) is 11.1 Å². The fourth-order valence-electron chi connectivity index (χ4n) is 2.81. The second kappa shape index (κ2) is 7.86. The zero-order valence-corrected chi connectivity index (χ0v) is 17.8. The summed E-state index contributed by atoms with van der Waals surface area (Å²) >= 11 is 2.77. The molecule has 3 aromatic rings. The standard InChI is InChI=1S/C20H23N3O2S2/c1-6-21-17(24)13(4)27-20-22-18-16(19(25)23(20)5)15(10-26-18)14-8-7-11(2)12(3)9-14/h7-10,13H,6H2,1-5H3,(H,21,24)/t13-/m0/s1. The molecule has 1 amide bonds. The lowest BCUT2D eigenvalue weighted by molar-refractivity contribution is -0.120. The Kier molecular flexibility index (Phi) is 5.72. The molecule has 2 aromatic heterocycles. The number of nitrogens with one attached hydrogen (secondary N) is 1. The summed E-state index contributed by atoms with van der Waals surface area (Å²) in [6, 6.07) is 6.23. The molecule has 142 valence electrons. The van der Waals surface area contributed by atoms with Crippen LogP contribution in [0, 0.1) is 13.8 Å². The topological polar surface area (TPSA) is 64.0 Å². The molecule has 1 atom stereocenters. The van der Waals surface area contributed by atoms with Crippen molar-refractivity contribution in [3.05, 3.63) is 45.1 Å². The fraction of sp³-hybridized carbons (Fsp3) is 0.350. The van der Waals surface area contributed by atoms with E-state index >= 15 is 0 Å². The summed E-state index contributed by atoms with van der Waals surface area (Å²) in [5, 5.41) is 5.67. The van der Waals surface area contributed by atoms with Gasteiger partial charge in [-0.1, -0.05) is 30.0 Å². The Labute approximate surface area is 166 Å². The molecule has 0 fully saturated rings. The highest BCUT2D eigenvalue weighted by atomic mass is 32.2. The Hall–Kier alpha value is -2.12. The number of rotatable bonds is 5. The molecule has 0 unspecified atom stereocenters. The van der Waals surface area contributed by atoms with Gasteiger partial charge in [0.15, 0.2) is 5.16 Å². The largest absolute Gasteiger partial charge is 0.355 e. The van der Waals surface area contributed by atoms with Crippen LogP contribution in [0.3, 0.4) is 0 Å². The van der Waals surface area contributed by atoms with Crippen molar-refractivity contribution in [2.75, 3.05) is 6.54 Å². The number of carbonyl (C=O) groups is 1. The molecule has 0 radical (unpaired) electrons. The van der Waals surface area contributed by atoms with Crippen LogP contribution in [0.25, 0.3) is 21.3 Å². The van der Waals surface area contributed by atoms with Crippen LogP contribution in [-0.4, -0.2) is 27.3 Å². The SMILES string of the molecule is CCNC(=O)[C@H](C)Sc1nc2scc(-c3ccc(C)c(C)c3)c2c(=O)n1C. The van der Waals surface area contributed by atoms with E-state index in [0.29, 0.717) is 21.9 Å². The first-order valence-corrected chi connectivity index (χ1v) is 10.6. The molecule has 0 aliphatic carbocycles. The first kappa shape index (κ1) is 19.6. The van der Waals surface area contributed by atoms with Gasteiger partial charge in [-0.25, -0.2) is 4.98 Å². The van der Waals surface area contributed by atoms with Crippen LogP contribution in [0.15, 0.2) is 33.5 Å². The molecule has 7 heteroatoms. The van der Waals surface area contributed by atoms with E-state index in [1.807, 2.05) is 25.3 Å². The number of fused-ring (bicyclic) bond motifs is 1. The number of carbonyl (C=O) groups excluding carboxylic acids is 1. The summed E-state index contributed by atoms with van der Waals surface area (Å²) in [5.41, 5.74) is 4.28. The fourth-order valence-corrected chi connectivity index (χ4v) is 4.70. The quantitative estimate of drug-likeness (QED) is 0.520. The first-order valence-electron chi connectivity index (χ1n) is 8.83. The van der Waals surface area contributed by atoms with Crippen LogP contribution in [0.5, 0.6) is 0 Å². The molecule has 0 saturated heterocycles. The van der Waals surface area contributed by atoms with E-state index in [9.17, 15) is 9.59 Å². The van der Waals surface area contributed by atoms with Crippen molar-refractivity contribution in [3.63, 3.8) is 0 Å². The molecular formula is C20H23N3O2S2. The third-order valence-electron chi connectivity index (χ3n) is 4.59. The van der Waals surface area contributed by atoms with E-state index in [-0.39, 0.29) is 16.7 Å². The highest BCUT2D eigenvalue weighted by molar-refractivity contribution is 8.00. The van der Waals surface area contributed by atoms with Crippen LogP contribution >= 0.6 is 23.1 Å². The van der Waals surface area contributed by atoms with Crippen molar-refractivity contribution in [1.29, 1.82) is 0 Å². The van der Waals surface area contributed by atoms with Gasteiger partial charge in [-0.15, -0.1) is 11.3 Å². The third kappa shape index (κ3) is 3.80. The lowest BCUT2D eigenvalue weighted by Gasteiger charge is -2.13. The van der Waals surface area contributed by atoms with Gasteiger partial charge in [-0.2, -0.15) is 0 Å². The van der Waals surface area contributed by atoms with Crippen molar-refractivity contribution in [2.45, 2.75) is 38.1 Å². The number of aromatic nitrogens is 2. The maximum atomic E-state index is 13.0. The molecule has 3 rings (SSSR count). The zero-order chi connectivity index (χ0) is 19.7. The number of hydrogen-bond acceptors (Lipinski definition) is 5. The predicted molar refractivity (Wildman–Crippen MR) is 114 cm³/mol. The molecule has 1 N–H and O–H groups in total. The Balaban J connectivity index is 2.05. The molecular weight excluding hydrogens is 378 g/mol. The number of hydrogen-bond donors (Lipinski definition) is 1. The van der Waals surface area contributed by atoms with Crippen LogP contribution < -0.4 is 10.9 Å². The molecule has 5 nitrogen and oxygen atoms in total. The lowest BCUT2D eigenvalue weighted by atomic mass is 10.0. The molecule has 0 saturated carbocycles. The van der Waals surface area contributed by atoms with Crippen LogP contribution in [0.2, 0.25) is 0 Å². The molecule has 0 spiro atoms. The van der Waals surface area contributed by atoms with Gasteiger partial charge in [0.2, 0.25) is 5.91 Å². The second-order valence-electron chi connectivity index (χ2n) is 6.54. The van der Waals surface area contributed by atoms with E-state index in [1.54, 1.807) is 11.6 Å². The molecule has 0 aliphatic heterocycles. The van der Waals surface area contributed by atoms with Gasteiger partial charge < -0.3 is 5.32 Å². The smallest absolute Gasteiger partial charge is 0.263 e. The van der Waals surface area contributed by atoms with Crippen LogP contribution in [0.1, 0.15) is 25.0 Å². The maximum Gasteiger partial charge on any atom is 0.263 e. The van der Waals surface area contributed by atoms with Crippen LogP contribution in [0.4, 0.5) is 0 Å². The lowest BCUT2D eigenvalue weighted by Crippen LogP contribution is -2.31. The monoisotopic (exact) mass is 401 g/mol. The minimum Gasteiger partial charge on any atom is -0.355 e. The van der Waals surface area contributed by atoms with Crippen molar-refractivity contribution >= 4 is 39.2 Å². The summed E-state index contributed by atoms with van der Waals surface area (Å²) in [7, 11) is 1.71. The zero-order valence-electron chi connectivity index (χ0n) is 16.1. The summed E-state index contributed by atoms with van der Waals surface area (Å²) in [5.74, 6) is -0.0566. The Morgan fingerprint density at radius 1 is 1.33 bits per heavy atom. The summed E-state index contributed by atoms with van der Waals surface area (Å²) in [6.07, 6.45) is 0. The number of nitrogens with zero attached hydrogens (tertiary/aromatic N) is 2. The molecule has 2 heterocycles. The van der Waals surface area contributed by atoms with Crippen molar-refractivity contribution < 1.29 is 4.79 Å². The Morgan fingerprint density at radius 3 is 2.74 bits per heavy atom. The minimum atomic E-state index is -0.320. The van der Waals surface area contributed by atoms with Gasteiger partial charge >= 0.3 is 0 Å². The second-order valence-corrected chi connectivity index (χ2v) is 8.71. The Morgan fingerprint density at radius 2 is 2.07 bits per heavy atom. The number of aryl methyl sites for hydroxylation is 2. The van der Waals surface area contributed by atoms with E-state index in [0.717, 1.165) is 11.1 Å². The Bertz CT molecular complexity index is 1070. The number of thioether (sulfide) groups is 1. The summed E-state index contributed by atoms with van der Waals surface area (Å²) in [6.45, 7) is 8.43. The predicted octanol–water partition coefficient (Wildman–Crippen LogP) is 3.90. The summed E-state index contributed by atoms with van der Waals surface area (Å²) < 4.78 is 1.54. The van der Waals surface area contributed by atoms with Gasteiger partial charge in [-0.3, -0.25) is 14.2 Å². The summed E-state index contributed by atoms with van der Waals surface area (Å²) in [4.78, 5) is 30.4. The van der Waals surface area contributed by atoms with Crippen molar-refractivity contribution in [1.82, 2.24) is 14.9 Å². The molecule has 0 bridgehead atoms. The minimum absolute atomic E-state index is 0.0566. The van der Waals surface area contributed by atoms with E-state index in [1.165, 1.54) is 34.2 Å². The van der Waals surface area contributed by atoms with E-state index < -0.39 is 0 Å². The van der Waals surface area contributed by atoms with Gasteiger partial charge in [0.1, 0.15) is 4.83 Å². The van der Waals surface area contributed by atoms with E-state index in [2.05, 4.69) is 36.3 Å². The maximum absolute atomic E-state index is 13.0. The highest BCUT2D eigenvalue weighted by Gasteiger charge is 2.20. The average Bonchev–Trinajstić information content (AvgIpc) is 3.05. The van der Waals surface area contributed by atoms with E-state index in [4.69, 9.17) is 0 Å². The van der Waals surface area contributed by atoms with Crippen molar-refractivity contribution in [2.24, 2.45) is 7.05 Å². The molecule has 27 heavy (non-hydrogen) atoms. The molecule has 0 aliphatic rings. The highest BCUT2D eigenvalue weighted by Crippen LogP contribution is 2.33. The first-order chi connectivity index (χ1) is 12.8. The normalized spacial score (nSPS) is 12.3. The van der Waals surface area contributed by atoms with Crippen LogP contribution in [-0.2, 0) is 11.8 Å². The average molecular weight is 402 g/mol. The van der Waals surface area contributed by atoms with Gasteiger partial charge in [-0.05, 0) is 44.4 Å². The number of amides is 1. The van der Waals surface area contributed by atoms with Gasteiger partial charge in [0.25, 0.3) is 5.56 Å². The van der Waals surface area contributed by atoms with Gasteiger partial charge in [0, 0.05) is 24.5 Å². The molecule has 1 aromatic carbocycles. The number of benzene rings is 1. The number of thiophene rings is 1.